The number of thioether (sulfide) groups is 1. The zero-order valence-corrected chi connectivity index (χ0v) is 13.1. The van der Waals surface area contributed by atoms with Gasteiger partial charge >= 0.3 is 0 Å². The lowest BCUT2D eigenvalue weighted by Gasteiger charge is -2.09. The molecule has 2 N–H and O–H groups in total. The summed E-state index contributed by atoms with van der Waals surface area (Å²) in [6.45, 7) is 5.40. The Morgan fingerprint density at radius 1 is 1.40 bits per heavy atom. The van der Waals surface area contributed by atoms with Crippen LogP contribution in [0, 0.1) is 13.8 Å². The summed E-state index contributed by atoms with van der Waals surface area (Å²) >= 11 is 2.06. The minimum Gasteiger partial charge on any atom is -0.342 e. The Morgan fingerprint density at radius 2 is 2.30 bits per heavy atom. The lowest BCUT2D eigenvalue weighted by Crippen LogP contribution is -2.29. The third-order valence-electron chi connectivity index (χ3n) is 4.18. The van der Waals surface area contributed by atoms with E-state index < -0.39 is 0 Å². The molecule has 1 saturated heterocycles. The van der Waals surface area contributed by atoms with E-state index in [0.29, 0.717) is 0 Å². The van der Waals surface area contributed by atoms with Crippen molar-refractivity contribution in [2.45, 2.75) is 39.2 Å². The van der Waals surface area contributed by atoms with Crippen LogP contribution in [0.15, 0.2) is 12.1 Å². The second kappa shape index (κ2) is 6.19. The molecule has 0 aliphatic carbocycles. The van der Waals surface area contributed by atoms with Gasteiger partial charge in [0.1, 0.15) is 5.82 Å². The van der Waals surface area contributed by atoms with E-state index in [1.807, 2.05) is 0 Å². The van der Waals surface area contributed by atoms with Crippen LogP contribution in [0.2, 0.25) is 0 Å². The molecule has 4 heteroatoms. The minimum atomic E-state index is 0.737. The zero-order valence-electron chi connectivity index (χ0n) is 12.3. The van der Waals surface area contributed by atoms with Crippen molar-refractivity contribution < 1.29 is 0 Å². The van der Waals surface area contributed by atoms with Crippen LogP contribution >= 0.6 is 11.8 Å². The van der Waals surface area contributed by atoms with Gasteiger partial charge in [-0.05, 0) is 56.2 Å². The van der Waals surface area contributed by atoms with E-state index in [-0.39, 0.29) is 0 Å². The fourth-order valence-electron chi connectivity index (χ4n) is 2.74. The summed E-state index contributed by atoms with van der Waals surface area (Å²) in [6.07, 6.45) is 3.51. The average Bonchev–Trinajstić information content (AvgIpc) is 3.08. The highest BCUT2D eigenvalue weighted by atomic mass is 32.2. The third kappa shape index (κ3) is 3.01. The monoisotopic (exact) mass is 289 g/mol. The van der Waals surface area contributed by atoms with Crippen molar-refractivity contribution in [3.63, 3.8) is 0 Å². The number of fused-ring (bicyclic) bond motifs is 1. The number of hydrogen-bond acceptors (Lipinski definition) is 3. The molecule has 1 aromatic carbocycles. The average molecular weight is 289 g/mol. The highest BCUT2D eigenvalue weighted by Gasteiger charge is 2.14. The summed E-state index contributed by atoms with van der Waals surface area (Å²) in [6, 6.07) is 5.04. The third-order valence-corrected chi connectivity index (χ3v) is 5.34. The first-order valence-corrected chi connectivity index (χ1v) is 8.65. The Bertz CT molecular complexity index is 585. The number of aromatic nitrogens is 2. The quantitative estimate of drug-likeness (QED) is 0.830. The smallest absolute Gasteiger partial charge is 0.107 e. The molecule has 0 radical (unpaired) electrons. The Balaban J connectivity index is 1.56. The van der Waals surface area contributed by atoms with Gasteiger partial charge in [0.05, 0.1) is 11.0 Å². The minimum absolute atomic E-state index is 0.737. The van der Waals surface area contributed by atoms with E-state index >= 15 is 0 Å². The maximum Gasteiger partial charge on any atom is 0.107 e. The summed E-state index contributed by atoms with van der Waals surface area (Å²) in [5.41, 5.74) is 4.92. The topological polar surface area (TPSA) is 40.7 Å². The molecule has 2 aromatic rings. The maximum absolute atomic E-state index is 4.75. The largest absolute Gasteiger partial charge is 0.342 e. The highest BCUT2D eigenvalue weighted by molar-refractivity contribution is 7.99. The molecule has 3 rings (SSSR count). The Labute approximate surface area is 124 Å². The van der Waals surface area contributed by atoms with Crippen LogP contribution in [0.5, 0.6) is 0 Å². The highest BCUT2D eigenvalue weighted by Crippen LogP contribution is 2.20. The van der Waals surface area contributed by atoms with Crippen molar-refractivity contribution in [3.8, 4) is 0 Å². The SMILES string of the molecule is Cc1ccc2[nH]c(CCCN[C@@H]3CCSC3)nc2c1C. The number of nitrogens with one attached hydrogen (secondary N) is 2. The zero-order chi connectivity index (χ0) is 13.9. The molecule has 1 aliphatic heterocycles. The standard InChI is InChI=1S/C16H23N3S/c1-11-5-6-14-16(12(11)2)19-15(18-14)4-3-8-17-13-7-9-20-10-13/h5-6,13,17H,3-4,7-10H2,1-2H3,(H,18,19)/t13-/m1/s1. The first-order chi connectivity index (χ1) is 9.74. The molecule has 20 heavy (non-hydrogen) atoms. The summed E-state index contributed by atoms with van der Waals surface area (Å²) in [5, 5.41) is 3.64. The number of benzene rings is 1. The van der Waals surface area contributed by atoms with Crippen LogP contribution in [0.1, 0.15) is 29.8 Å². The van der Waals surface area contributed by atoms with Gasteiger partial charge in [0.15, 0.2) is 0 Å². The molecule has 0 spiro atoms. The molecule has 1 fully saturated rings. The van der Waals surface area contributed by atoms with E-state index in [9.17, 15) is 0 Å². The van der Waals surface area contributed by atoms with Crippen LogP contribution in [0.25, 0.3) is 11.0 Å². The normalized spacial score (nSPS) is 19.0. The summed E-state index contributed by atoms with van der Waals surface area (Å²) < 4.78 is 0. The van der Waals surface area contributed by atoms with Gasteiger partial charge in [0, 0.05) is 18.2 Å². The predicted molar refractivity (Wildman–Crippen MR) is 87.6 cm³/mol. The number of hydrogen-bond donors (Lipinski definition) is 2. The molecule has 1 atom stereocenters. The first kappa shape index (κ1) is 14.0. The van der Waals surface area contributed by atoms with E-state index in [4.69, 9.17) is 4.98 Å². The second-order valence-electron chi connectivity index (χ2n) is 5.71. The van der Waals surface area contributed by atoms with Gasteiger partial charge in [-0.1, -0.05) is 6.07 Å². The van der Waals surface area contributed by atoms with Crippen LogP contribution in [0.4, 0.5) is 0 Å². The number of rotatable bonds is 5. The number of H-pyrrole nitrogens is 1. The first-order valence-electron chi connectivity index (χ1n) is 7.50. The molecular weight excluding hydrogens is 266 g/mol. The Morgan fingerprint density at radius 3 is 3.10 bits per heavy atom. The molecular formula is C16H23N3S. The van der Waals surface area contributed by atoms with Crippen molar-refractivity contribution >= 4 is 22.8 Å². The lowest BCUT2D eigenvalue weighted by molar-refractivity contribution is 0.542. The van der Waals surface area contributed by atoms with Crippen LogP contribution in [-0.4, -0.2) is 34.1 Å². The summed E-state index contributed by atoms with van der Waals surface area (Å²) in [4.78, 5) is 8.20. The molecule has 0 amide bonds. The van der Waals surface area contributed by atoms with Crippen molar-refractivity contribution in [1.29, 1.82) is 0 Å². The maximum atomic E-state index is 4.75. The van der Waals surface area contributed by atoms with E-state index in [2.05, 4.69) is 48.0 Å². The van der Waals surface area contributed by atoms with Gasteiger partial charge in [-0.25, -0.2) is 4.98 Å². The lowest BCUT2D eigenvalue weighted by atomic mass is 10.1. The number of imidazole rings is 1. The van der Waals surface area contributed by atoms with Gasteiger partial charge in [-0.3, -0.25) is 0 Å². The van der Waals surface area contributed by atoms with Crippen LogP contribution < -0.4 is 5.32 Å². The Hall–Kier alpha value is -1.00. The van der Waals surface area contributed by atoms with Crippen LogP contribution in [0.3, 0.4) is 0 Å². The van der Waals surface area contributed by atoms with Gasteiger partial charge < -0.3 is 10.3 Å². The molecule has 2 heterocycles. The number of aryl methyl sites for hydroxylation is 3. The molecule has 3 nitrogen and oxygen atoms in total. The molecule has 108 valence electrons. The van der Waals surface area contributed by atoms with E-state index in [0.717, 1.165) is 36.8 Å². The van der Waals surface area contributed by atoms with Gasteiger partial charge in [0.25, 0.3) is 0 Å². The molecule has 0 saturated carbocycles. The predicted octanol–water partition coefficient (Wildman–Crippen LogP) is 3.21. The van der Waals surface area contributed by atoms with E-state index in [1.54, 1.807) is 0 Å². The van der Waals surface area contributed by atoms with Crippen molar-refractivity contribution in [1.82, 2.24) is 15.3 Å². The van der Waals surface area contributed by atoms with Gasteiger partial charge in [-0.15, -0.1) is 0 Å². The fraction of sp³-hybridized carbons (Fsp3) is 0.562. The van der Waals surface area contributed by atoms with Crippen molar-refractivity contribution in [3.05, 3.63) is 29.1 Å². The van der Waals surface area contributed by atoms with Crippen molar-refractivity contribution in [2.24, 2.45) is 0 Å². The molecule has 0 unspecified atom stereocenters. The van der Waals surface area contributed by atoms with Crippen LogP contribution in [-0.2, 0) is 6.42 Å². The Kier molecular flexibility index (Phi) is 4.32. The summed E-state index contributed by atoms with van der Waals surface area (Å²) in [7, 11) is 0. The number of nitrogens with zero attached hydrogens (tertiary/aromatic N) is 1. The van der Waals surface area contributed by atoms with Gasteiger partial charge in [-0.2, -0.15) is 11.8 Å². The number of aromatic amines is 1. The van der Waals surface area contributed by atoms with Crippen molar-refractivity contribution in [2.75, 3.05) is 18.1 Å². The molecule has 1 aliphatic rings. The summed E-state index contributed by atoms with van der Waals surface area (Å²) in [5.74, 6) is 3.72. The second-order valence-corrected chi connectivity index (χ2v) is 6.86. The molecule has 0 bridgehead atoms. The molecule has 1 aromatic heterocycles. The van der Waals surface area contributed by atoms with Gasteiger partial charge in [0.2, 0.25) is 0 Å². The fourth-order valence-corrected chi connectivity index (χ4v) is 3.93. The van der Waals surface area contributed by atoms with E-state index in [1.165, 1.54) is 34.6 Å².